The molecule has 0 N–H and O–H groups in total. The summed E-state index contributed by atoms with van der Waals surface area (Å²) in [5.74, 6) is -0.925. The van der Waals surface area contributed by atoms with Crippen molar-refractivity contribution in [1.82, 2.24) is 4.90 Å². The highest BCUT2D eigenvalue weighted by atomic mass is 79.9. The average Bonchev–Trinajstić information content (AvgIpc) is 2.32. The monoisotopic (exact) mass is 303 g/mol. The summed E-state index contributed by atoms with van der Waals surface area (Å²) in [6.45, 7) is 3.40. The first-order valence-corrected chi connectivity index (χ1v) is 6.75. The third-order valence-corrected chi connectivity index (χ3v) is 4.05. The molecular formula is C13H16BrF2N. The second-order valence-corrected chi connectivity index (χ2v) is 5.49. The first kappa shape index (κ1) is 13.0. The Bertz CT molecular complexity index is 409. The largest absolute Gasteiger partial charge is 0.296 e. The summed E-state index contributed by atoms with van der Waals surface area (Å²) < 4.78 is 27.8. The Hall–Kier alpha value is -0.480. The Kier molecular flexibility index (Phi) is 4.15. The summed E-state index contributed by atoms with van der Waals surface area (Å²) in [5.41, 5.74) is 0.174. The van der Waals surface area contributed by atoms with Crippen LogP contribution in [0.25, 0.3) is 0 Å². The lowest BCUT2D eigenvalue weighted by molar-refractivity contribution is 0.149. The number of benzene rings is 1. The lowest BCUT2D eigenvalue weighted by Gasteiger charge is -2.33. The van der Waals surface area contributed by atoms with Gasteiger partial charge in [-0.1, -0.05) is 6.42 Å². The van der Waals surface area contributed by atoms with E-state index in [-0.39, 0.29) is 5.56 Å². The van der Waals surface area contributed by atoms with E-state index < -0.39 is 11.6 Å². The fraction of sp³-hybridized carbons (Fsp3) is 0.538. The molecule has 0 radical (unpaired) electrons. The maximum absolute atomic E-state index is 13.8. The van der Waals surface area contributed by atoms with Gasteiger partial charge < -0.3 is 0 Å². The van der Waals surface area contributed by atoms with Gasteiger partial charge in [0.25, 0.3) is 0 Å². The second-order valence-electron chi connectivity index (χ2n) is 4.64. The fourth-order valence-electron chi connectivity index (χ4n) is 2.31. The Labute approximate surface area is 109 Å². The van der Waals surface area contributed by atoms with E-state index in [1.807, 2.05) is 0 Å². The normalized spacial score (nSPS) is 21.8. The molecule has 0 saturated carbocycles. The Balaban J connectivity index is 2.20. The first-order chi connectivity index (χ1) is 8.09. The quantitative estimate of drug-likeness (QED) is 0.744. The highest BCUT2D eigenvalue weighted by molar-refractivity contribution is 9.10. The summed E-state index contributed by atoms with van der Waals surface area (Å²) in [7, 11) is 0. The summed E-state index contributed by atoms with van der Waals surface area (Å²) in [4.78, 5) is 2.15. The molecule has 1 nitrogen and oxygen atoms in total. The molecule has 1 aliphatic rings. The Morgan fingerprint density at radius 2 is 2.12 bits per heavy atom. The van der Waals surface area contributed by atoms with E-state index in [0.717, 1.165) is 19.4 Å². The van der Waals surface area contributed by atoms with Crippen LogP contribution in [0.4, 0.5) is 8.78 Å². The minimum Gasteiger partial charge on any atom is -0.296 e. The van der Waals surface area contributed by atoms with E-state index >= 15 is 0 Å². The van der Waals surface area contributed by atoms with Gasteiger partial charge in [-0.15, -0.1) is 0 Å². The lowest BCUT2D eigenvalue weighted by atomic mass is 10.0. The van der Waals surface area contributed by atoms with Crippen molar-refractivity contribution in [1.29, 1.82) is 0 Å². The maximum atomic E-state index is 13.8. The molecule has 1 unspecified atom stereocenters. The van der Waals surface area contributed by atoms with Crippen LogP contribution in [0.1, 0.15) is 31.7 Å². The van der Waals surface area contributed by atoms with Crippen molar-refractivity contribution in [2.24, 2.45) is 0 Å². The van der Waals surface area contributed by atoms with E-state index in [9.17, 15) is 8.78 Å². The minimum atomic E-state index is -0.470. The molecule has 1 fully saturated rings. The van der Waals surface area contributed by atoms with Crippen LogP contribution in [0.15, 0.2) is 16.6 Å². The van der Waals surface area contributed by atoms with Crippen LogP contribution < -0.4 is 0 Å². The van der Waals surface area contributed by atoms with Gasteiger partial charge in [0.2, 0.25) is 0 Å². The van der Waals surface area contributed by atoms with Crippen LogP contribution in [0.3, 0.4) is 0 Å². The molecule has 1 aromatic rings. The van der Waals surface area contributed by atoms with Crippen molar-refractivity contribution < 1.29 is 8.78 Å². The van der Waals surface area contributed by atoms with E-state index in [0.29, 0.717) is 17.1 Å². The zero-order chi connectivity index (χ0) is 12.4. The zero-order valence-electron chi connectivity index (χ0n) is 9.85. The summed E-state index contributed by atoms with van der Waals surface area (Å²) in [6, 6.07) is 3.13. The standard InChI is InChI=1S/C13H16BrF2N/c1-9-4-2-3-7-17(9)8-10-12(15)6-5-11(14)13(10)16/h5-6,9H,2-4,7-8H2,1H3. The topological polar surface area (TPSA) is 3.24 Å². The van der Waals surface area contributed by atoms with Gasteiger partial charge in [0.1, 0.15) is 11.6 Å². The van der Waals surface area contributed by atoms with Gasteiger partial charge >= 0.3 is 0 Å². The molecule has 17 heavy (non-hydrogen) atoms. The predicted molar refractivity (Wildman–Crippen MR) is 67.8 cm³/mol. The van der Waals surface area contributed by atoms with Crippen molar-refractivity contribution >= 4 is 15.9 Å². The molecule has 1 heterocycles. The molecule has 0 spiro atoms. The van der Waals surface area contributed by atoms with Crippen LogP contribution in [0.5, 0.6) is 0 Å². The smallest absolute Gasteiger partial charge is 0.144 e. The molecule has 1 aromatic carbocycles. The summed E-state index contributed by atoms with van der Waals surface area (Å²) in [6.07, 6.45) is 3.43. The molecule has 0 aliphatic carbocycles. The van der Waals surface area contributed by atoms with Gasteiger partial charge in [-0.2, -0.15) is 0 Å². The van der Waals surface area contributed by atoms with Crippen molar-refractivity contribution in [3.8, 4) is 0 Å². The van der Waals surface area contributed by atoms with Crippen molar-refractivity contribution in [2.75, 3.05) is 6.54 Å². The molecule has 1 aliphatic heterocycles. The van der Waals surface area contributed by atoms with Crippen molar-refractivity contribution in [3.05, 3.63) is 33.8 Å². The SMILES string of the molecule is CC1CCCCN1Cc1c(F)ccc(Br)c1F. The van der Waals surface area contributed by atoms with E-state index in [1.54, 1.807) is 0 Å². The predicted octanol–water partition coefficient (Wildman–Crippen LogP) is 4.10. The second kappa shape index (κ2) is 5.44. The van der Waals surface area contributed by atoms with E-state index in [1.165, 1.54) is 18.6 Å². The number of halogens is 3. The van der Waals surface area contributed by atoms with Crippen LogP contribution >= 0.6 is 15.9 Å². The fourth-order valence-corrected chi connectivity index (χ4v) is 2.68. The number of hydrogen-bond acceptors (Lipinski definition) is 1. The highest BCUT2D eigenvalue weighted by Gasteiger charge is 2.22. The molecule has 2 rings (SSSR count). The molecule has 94 valence electrons. The van der Waals surface area contributed by atoms with Gasteiger partial charge in [0.05, 0.1) is 4.47 Å². The number of hydrogen-bond donors (Lipinski definition) is 0. The van der Waals surface area contributed by atoms with Gasteiger partial charge in [-0.25, -0.2) is 8.78 Å². The van der Waals surface area contributed by atoms with Gasteiger partial charge in [-0.05, 0) is 54.4 Å². The van der Waals surface area contributed by atoms with Crippen LogP contribution in [-0.2, 0) is 6.54 Å². The van der Waals surface area contributed by atoms with E-state index in [2.05, 4.69) is 27.8 Å². The van der Waals surface area contributed by atoms with Gasteiger partial charge in [0, 0.05) is 18.2 Å². The molecule has 0 amide bonds. The van der Waals surface area contributed by atoms with Crippen LogP contribution in [0.2, 0.25) is 0 Å². The van der Waals surface area contributed by atoms with Crippen molar-refractivity contribution in [2.45, 2.75) is 38.8 Å². The number of rotatable bonds is 2. The maximum Gasteiger partial charge on any atom is 0.144 e. The first-order valence-electron chi connectivity index (χ1n) is 5.96. The average molecular weight is 304 g/mol. The van der Waals surface area contributed by atoms with Gasteiger partial charge in [-0.3, -0.25) is 4.90 Å². The number of likely N-dealkylation sites (tertiary alicyclic amines) is 1. The van der Waals surface area contributed by atoms with Gasteiger partial charge in [0.15, 0.2) is 0 Å². The van der Waals surface area contributed by atoms with Crippen LogP contribution in [-0.4, -0.2) is 17.5 Å². The molecule has 1 atom stereocenters. The Morgan fingerprint density at radius 3 is 2.82 bits per heavy atom. The Morgan fingerprint density at radius 1 is 1.35 bits per heavy atom. The minimum absolute atomic E-state index is 0.174. The molecule has 0 aromatic heterocycles. The van der Waals surface area contributed by atoms with E-state index in [4.69, 9.17) is 0 Å². The van der Waals surface area contributed by atoms with Crippen molar-refractivity contribution in [3.63, 3.8) is 0 Å². The molecular weight excluding hydrogens is 288 g/mol. The molecule has 4 heteroatoms. The third-order valence-electron chi connectivity index (χ3n) is 3.44. The molecule has 1 saturated heterocycles. The summed E-state index contributed by atoms with van der Waals surface area (Å²) >= 11 is 3.10. The zero-order valence-corrected chi connectivity index (χ0v) is 11.4. The number of piperidine rings is 1. The highest BCUT2D eigenvalue weighted by Crippen LogP contribution is 2.25. The lowest BCUT2D eigenvalue weighted by Crippen LogP contribution is -2.37. The third kappa shape index (κ3) is 2.86. The summed E-state index contributed by atoms with van der Waals surface area (Å²) in [5, 5.41) is 0. The van der Waals surface area contributed by atoms with Crippen LogP contribution in [0, 0.1) is 11.6 Å². The molecule has 0 bridgehead atoms. The number of nitrogens with zero attached hydrogens (tertiary/aromatic N) is 1.